The summed E-state index contributed by atoms with van der Waals surface area (Å²) in [5.74, 6) is 0.522. The van der Waals surface area contributed by atoms with E-state index in [0.717, 1.165) is 5.69 Å². The highest BCUT2D eigenvalue weighted by molar-refractivity contribution is 5.44. The first-order valence-electron chi connectivity index (χ1n) is 6.79. The Morgan fingerprint density at radius 2 is 2.16 bits per heavy atom. The molecule has 1 atom stereocenters. The van der Waals surface area contributed by atoms with E-state index in [1.54, 1.807) is 16.8 Å². The molecule has 19 heavy (non-hydrogen) atoms. The zero-order valence-electron chi connectivity index (χ0n) is 10.8. The van der Waals surface area contributed by atoms with E-state index in [4.69, 9.17) is 11.0 Å². The second-order valence-electron chi connectivity index (χ2n) is 5.25. The van der Waals surface area contributed by atoms with Crippen LogP contribution in [0.2, 0.25) is 0 Å². The van der Waals surface area contributed by atoms with Gasteiger partial charge in [-0.05, 0) is 18.8 Å². The average Bonchev–Trinajstić information content (AvgIpc) is 2.90. The number of nitrogens with zero attached hydrogens (tertiary/aromatic N) is 4. The molecule has 2 heterocycles. The topological polar surface area (TPSA) is 80.0 Å². The normalized spacial score (nSPS) is 18.3. The van der Waals surface area contributed by atoms with Gasteiger partial charge in [-0.3, -0.25) is 0 Å². The van der Waals surface area contributed by atoms with Crippen LogP contribution in [0.3, 0.4) is 0 Å². The Morgan fingerprint density at radius 3 is 2.89 bits per heavy atom. The molecule has 0 radical (unpaired) electrons. The molecule has 1 aliphatic rings. The molecule has 0 saturated heterocycles. The summed E-state index contributed by atoms with van der Waals surface area (Å²) in [5.41, 5.74) is 8.44. The van der Waals surface area contributed by atoms with Gasteiger partial charge in [-0.25, -0.2) is 9.50 Å². The molecule has 2 aromatic rings. The van der Waals surface area contributed by atoms with Crippen molar-refractivity contribution >= 4 is 5.65 Å². The largest absolute Gasteiger partial charge is 0.322 e. The van der Waals surface area contributed by atoms with E-state index >= 15 is 0 Å². The third-order valence-electron chi connectivity index (χ3n) is 3.97. The van der Waals surface area contributed by atoms with Crippen molar-refractivity contribution in [3.8, 4) is 6.07 Å². The minimum Gasteiger partial charge on any atom is -0.322 e. The molecule has 5 heteroatoms. The number of fused-ring (bicyclic) bond motifs is 1. The maximum absolute atomic E-state index is 8.87. The third-order valence-corrected chi connectivity index (χ3v) is 3.97. The Hall–Kier alpha value is -1.93. The Labute approximate surface area is 112 Å². The Morgan fingerprint density at radius 1 is 1.37 bits per heavy atom. The van der Waals surface area contributed by atoms with E-state index < -0.39 is 0 Å². The van der Waals surface area contributed by atoms with Gasteiger partial charge in [0.15, 0.2) is 5.65 Å². The van der Waals surface area contributed by atoms with Crippen LogP contribution in [-0.4, -0.2) is 14.6 Å². The summed E-state index contributed by atoms with van der Waals surface area (Å²) in [5, 5.41) is 13.0. The van der Waals surface area contributed by atoms with Gasteiger partial charge in [-0.1, -0.05) is 19.3 Å². The molecule has 0 bridgehead atoms. The Balaban J connectivity index is 1.90. The van der Waals surface area contributed by atoms with Crippen molar-refractivity contribution < 1.29 is 0 Å². The first-order chi connectivity index (χ1) is 9.28. The quantitative estimate of drug-likeness (QED) is 0.891. The molecule has 2 N–H and O–H groups in total. The lowest BCUT2D eigenvalue weighted by atomic mass is 9.83. The van der Waals surface area contributed by atoms with E-state index in [0.29, 0.717) is 17.1 Å². The zero-order valence-corrected chi connectivity index (χ0v) is 10.8. The fourth-order valence-electron chi connectivity index (χ4n) is 2.85. The summed E-state index contributed by atoms with van der Waals surface area (Å²) >= 11 is 0. The molecule has 0 aromatic carbocycles. The zero-order chi connectivity index (χ0) is 13.2. The van der Waals surface area contributed by atoms with Crippen LogP contribution >= 0.6 is 0 Å². The number of hydrogen-bond donors (Lipinski definition) is 1. The van der Waals surface area contributed by atoms with Crippen molar-refractivity contribution in [1.82, 2.24) is 14.6 Å². The first kappa shape index (κ1) is 12.1. The monoisotopic (exact) mass is 255 g/mol. The number of hydrogen-bond acceptors (Lipinski definition) is 4. The van der Waals surface area contributed by atoms with Crippen LogP contribution in [0, 0.1) is 17.2 Å². The number of nitriles is 1. The molecule has 1 saturated carbocycles. The summed E-state index contributed by atoms with van der Waals surface area (Å²) < 4.78 is 1.69. The number of imidazole rings is 1. The molecule has 0 aliphatic heterocycles. The average molecular weight is 255 g/mol. The highest BCUT2D eigenvalue weighted by Crippen LogP contribution is 2.32. The molecular formula is C14H17N5. The van der Waals surface area contributed by atoms with Crippen molar-refractivity contribution in [2.45, 2.75) is 38.1 Å². The van der Waals surface area contributed by atoms with Crippen LogP contribution in [0.25, 0.3) is 5.65 Å². The van der Waals surface area contributed by atoms with Crippen molar-refractivity contribution in [3.05, 3.63) is 29.7 Å². The lowest BCUT2D eigenvalue weighted by Gasteiger charge is -2.26. The van der Waals surface area contributed by atoms with Gasteiger partial charge in [0.2, 0.25) is 0 Å². The van der Waals surface area contributed by atoms with E-state index in [9.17, 15) is 0 Å². The third kappa shape index (κ3) is 2.32. The number of nitrogens with two attached hydrogens (primary N) is 1. The van der Waals surface area contributed by atoms with Crippen LogP contribution < -0.4 is 5.73 Å². The van der Waals surface area contributed by atoms with Gasteiger partial charge in [-0.15, -0.1) is 0 Å². The summed E-state index contributed by atoms with van der Waals surface area (Å²) in [6, 6.07) is 3.79. The first-order valence-corrected chi connectivity index (χ1v) is 6.79. The molecule has 1 fully saturated rings. The highest BCUT2D eigenvalue weighted by Gasteiger charge is 2.23. The standard InChI is InChI=1S/C14H17N5/c15-7-10-6-13-18-12(9-19(13)17-8-10)14(16)11-4-2-1-3-5-11/h6,8-9,11,14H,1-5,16H2/t14-/m0/s1. The van der Waals surface area contributed by atoms with Crippen LogP contribution in [0.5, 0.6) is 0 Å². The minimum absolute atomic E-state index is 0.0208. The molecule has 0 spiro atoms. The molecule has 98 valence electrons. The van der Waals surface area contributed by atoms with Gasteiger partial charge in [0.25, 0.3) is 0 Å². The Bertz CT molecular complexity index is 618. The van der Waals surface area contributed by atoms with Crippen molar-refractivity contribution in [2.75, 3.05) is 0 Å². The van der Waals surface area contributed by atoms with E-state index in [1.807, 2.05) is 6.20 Å². The molecule has 2 aromatic heterocycles. The minimum atomic E-state index is -0.0208. The molecule has 3 rings (SSSR count). The van der Waals surface area contributed by atoms with Crippen LogP contribution in [-0.2, 0) is 0 Å². The van der Waals surface area contributed by atoms with Gasteiger partial charge in [0.05, 0.1) is 29.7 Å². The summed E-state index contributed by atoms with van der Waals surface area (Å²) in [6.45, 7) is 0. The van der Waals surface area contributed by atoms with Gasteiger partial charge < -0.3 is 5.73 Å². The second kappa shape index (κ2) is 4.98. The summed E-state index contributed by atoms with van der Waals surface area (Å²) in [6.07, 6.45) is 9.66. The van der Waals surface area contributed by atoms with Crippen LogP contribution in [0.15, 0.2) is 18.5 Å². The molecule has 5 nitrogen and oxygen atoms in total. The fourth-order valence-corrected chi connectivity index (χ4v) is 2.85. The molecule has 1 aliphatic carbocycles. The maximum atomic E-state index is 8.87. The number of rotatable bonds is 2. The maximum Gasteiger partial charge on any atom is 0.155 e. The summed E-state index contributed by atoms with van der Waals surface area (Å²) in [4.78, 5) is 4.52. The van der Waals surface area contributed by atoms with Gasteiger partial charge >= 0.3 is 0 Å². The predicted molar refractivity (Wildman–Crippen MR) is 71.2 cm³/mol. The fraction of sp³-hybridized carbons (Fsp3) is 0.500. The van der Waals surface area contributed by atoms with Crippen molar-refractivity contribution in [1.29, 1.82) is 5.26 Å². The van der Waals surface area contributed by atoms with E-state index in [-0.39, 0.29) is 6.04 Å². The Kier molecular flexibility index (Phi) is 3.18. The van der Waals surface area contributed by atoms with E-state index in [1.165, 1.54) is 32.1 Å². The smallest absolute Gasteiger partial charge is 0.155 e. The highest BCUT2D eigenvalue weighted by atomic mass is 15.2. The predicted octanol–water partition coefficient (Wildman–Crippen LogP) is 2.18. The lowest BCUT2D eigenvalue weighted by molar-refractivity contribution is 0.305. The molecule has 0 amide bonds. The van der Waals surface area contributed by atoms with Gasteiger partial charge in [0.1, 0.15) is 6.07 Å². The summed E-state index contributed by atoms with van der Waals surface area (Å²) in [7, 11) is 0. The second-order valence-corrected chi connectivity index (χ2v) is 5.25. The van der Waals surface area contributed by atoms with Crippen LogP contribution in [0.1, 0.15) is 49.4 Å². The van der Waals surface area contributed by atoms with Crippen molar-refractivity contribution in [3.63, 3.8) is 0 Å². The van der Waals surface area contributed by atoms with Gasteiger partial charge in [0, 0.05) is 6.07 Å². The molecular weight excluding hydrogens is 238 g/mol. The molecule has 0 unspecified atom stereocenters. The van der Waals surface area contributed by atoms with Gasteiger partial charge in [-0.2, -0.15) is 10.4 Å². The van der Waals surface area contributed by atoms with Crippen LogP contribution in [0.4, 0.5) is 0 Å². The SMILES string of the molecule is N#Cc1cnn2cc([C@@H](N)C3CCCCC3)nc2c1. The number of aromatic nitrogens is 3. The van der Waals surface area contributed by atoms with E-state index in [2.05, 4.69) is 16.2 Å². The lowest BCUT2D eigenvalue weighted by Crippen LogP contribution is -2.23. The van der Waals surface area contributed by atoms with Crippen molar-refractivity contribution in [2.24, 2.45) is 11.7 Å².